The first-order chi connectivity index (χ1) is 14.2. The van der Waals surface area contributed by atoms with E-state index in [1.165, 1.54) is 11.1 Å². The molecule has 0 saturated carbocycles. The topological polar surface area (TPSA) is 74.8 Å². The molecule has 2 aliphatic carbocycles. The molecule has 1 aromatic heterocycles. The highest BCUT2D eigenvalue weighted by atomic mass is 16.2. The number of amides is 1. The summed E-state index contributed by atoms with van der Waals surface area (Å²) in [5.74, 6) is -0.00785. The van der Waals surface area contributed by atoms with Crippen LogP contribution in [0.25, 0.3) is 23.1 Å². The molecule has 0 fully saturated rings. The van der Waals surface area contributed by atoms with Gasteiger partial charge in [-0.1, -0.05) is 47.9 Å². The molecule has 2 aromatic carbocycles. The maximum atomic E-state index is 12.7. The third kappa shape index (κ3) is 3.15. The molecule has 0 bridgehead atoms. The molecular formula is C24H17N3O2. The van der Waals surface area contributed by atoms with E-state index in [-0.39, 0.29) is 17.4 Å². The number of aromatic amines is 1. The molecule has 5 heteroatoms. The summed E-state index contributed by atoms with van der Waals surface area (Å²) in [6, 6.07) is 15.7. The van der Waals surface area contributed by atoms with Crippen molar-refractivity contribution in [1.29, 1.82) is 0 Å². The Morgan fingerprint density at radius 2 is 1.79 bits per heavy atom. The van der Waals surface area contributed by atoms with E-state index in [1.807, 2.05) is 36.4 Å². The van der Waals surface area contributed by atoms with Crippen LogP contribution in [0.2, 0.25) is 0 Å². The highest BCUT2D eigenvalue weighted by Crippen LogP contribution is 2.27. The summed E-state index contributed by atoms with van der Waals surface area (Å²) in [4.78, 5) is 24.6. The largest absolute Gasteiger partial charge is 0.326 e. The summed E-state index contributed by atoms with van der Waals surface area (Å²) < 4.78 is 0. The molecule has 1 heterocycles. The summed E-state index contributed by atoms with van der Waals surface area (Å²) in [6.45, 7) is 0. The van der Waals surface area contributed by atoms with Crippen molar-refractivity contribution in [2.75, 3.05) is 5.32 Å². The van der Waals surface area contributed by atoms with Crippen LogP contribution in [0.3, 0.4) is 0 Å². The first kappa shape index (κ1) is 17.2. The second-order valence-corrected chi connectivity index (χ2v) is 7.23. The number of carbonyl (C=O) groups excluding carboxylic acids is 1. The number of benzene rings is 2. The second kappa shape index (κ2) is 6.92. The number of hydrogen-bond donors (Lipinski definition) is 2. The molecule has 0 atom stereocenters. The number of allylic oxidation sites excluding steroid dienone is 1. The predicted octanol–water partition coefficient (Wildman–Crippen LogP) is 1.68. The van der Waals surface area contributed by atoms with Gasteiger partial charge in [-0.2, -0.15) is 5.10 Å². The van der Waals surface area contributed by atoms with Crippen molar-refractivity contribution in [3.05, 3.63) is 92.3 Å². The Labute approximate surface area is 166 Å². The van der Waals surface area contributed by atoms with Crippen molar-refractivity contribution >= 4 is 23.4 Å². The first-order valence-electron chi connectivity index (χ1n) is 9.48. The minimum Gasteiger partial charge on any atom is -0.326 e. The predicted molar refractivity (Wildman–Crippen MR) is 111 cm³/mol. The van der Waals surface area contributed by atoms with Crippen LogP contribution in [0.5, 0.6) is 0 Å². The van der Waals surface area contributed by atoms with Crippen molar-refractivity contribution in [1.82, 2.24) is 10.2 Å². The van der Waals surface area contributed by atoms with E-state index in [1.54, 1.807) is 12.2 Å². The van der Waals surface area contributed by atoms with Gasteiger partial charge < -0.3 is 5.32 Å². The summed E-state index contributed by atoms with van der Waals surface area (Å²) in [6.07, 6.45) is 4.91. The maximum absolute atomic E-state index is 12.7. The van der Waals surface area contributed by atoms with Crippen LogP contribution in [-0.4, -0.2) is 16.1 Å². The Bertz CT molecular complexity index is 1360. The smallest absolute Gasteiger partial charge is 0.272 e. The van der Waals surface area contributed by atoms with Gasteiger partial charge in [0.15, 0.2) is 0 Å². The molecule has 0 spiro atoms. The van der Waals surface area contributed by atoms with E-state index in [0.717, 1.165) is 24.1 Å². The van der Waals surface area contributed by atoms with Gasteiger partial charge >= 0.3 is 0 Å². The Balaban J connectivity index is 1.38. The van der Waals surface area contributed by atoms with Crippen molar-refractivity contribution in [2.24, 2.45) is 5.92 Å². The number of H-pyrrole nitrogens is 1. The van der Waals surface area contributed by atoms with E-state index in [9.17, 15) is 9.59 Å². The Hall–Kier alpha value is -3.91. The van der Waals surface area contributed by atoms with Gasteiger partial charge in [0.05, 0.1) is 10.4 Å². The van der Waals surface area contributed by atoms with Gasteiger partial charge in [-0.3, -0.25) is 9.59 Å². The fourth-order valence-electron chi connectivity index (χ4n) is 3.90. The number of fused-ring (bicyclic) bond motifs is 2. The van der Waals surface area contributed by atoms with E-state index in [0.29, 0.717) is 16.1 Å². The number of nitrogens with zero attached hydrogens (tertiary/aromatic N) is 1. The van der Waals surface area contributed by atoms with Gasteiger partial charge in [0.25, 0.3) is 5.56 Å². The lowest BCUT2D eigenvalue weighted by atomic mass is 10.0. The SMILES string of the molecule is O=C(Nc1ccc(-c2n[nH]c(=O)c3c2=C=C=CC=3)cc1)C1Cc2ccccc2C1. The standard InChI is InChI=1S/C24H17N3O2/c28-23(18-13-16-5-1-2-6-17(16)14-18)25-19-11-9-15(10-12-19)22-20-7-3-4-8-21(20)24(29)27-26-22/h1-2,4-6,8-12,18H,13-14H2,(H,25,28)(H,27,29). The molecule has 29 heavy (non-hydrogen) atoms. The van der Waals surface area contributed by atoms with Crippen LogP contribution in [0, 0.1) is 5.92 Å². The average molecular weight is 379 g/mol. The van der Waals surface area contributed by atoms with E-state index >= 15 is 0 Å². The molecular weight excluding hydrogens is 362 g/mol. The van der Waals surface area contributed by atoms with E-state index < -0.39 is 0 Å². The highest BCUT2D eigenvalue weighted by Gasteiger charge is 2.27. The number of rotatable bonds is 3. The van der Waals surface area contributed by atoms with Crippen LogP contribution < -0.4 is 21.3 Å². The summed E-state index contributed by atoms with van der Waals surface area (Å²) in [5, 5.41) is 10.9. The van der Waals surface area contributed by atoms with Gasteiger partial charge in [0, 0.05) is 17.2 Å². The first-order valence-corrected chi connectivity index (χ1v) is 9.48. The number of anilines is 1. The molecule has 1 amide bonds. The minimum absolute atomic E-state index is 0.0319. The van der Waals surface area contributed by atoms with Gasteiger partial charge in [-0.05, 0) is 48.3 Å². The summed E-state index contributed by atoms with van der Waals surface area (Å²) in [7, 11) is 0. The molecule has 5 nitrogen and oxygen atoms in total. The minimum atomic E-state index is -0.254. The number of aromatic nitrogens is 2. The fourth-order valence-corrected chi connectivity index (χ4v) is 3.90. The molecule has 5 rings (SSSR count). The highest BCUT2D eigenvalue weighted by molar-refractivity contribution is 5.93. The number of carbonyl (C=O) groups is 1. The normalized spacial score (nSPS) is 13.9. The molecule has 140 valence electrons. The average Bonchev–Trinajstić information content (AvgIpc) is 3.20. The Morgan fingerprint density at radius 3 is 2.52 bits per heavy atom. The number of hydrogen-bond acceptors (Lipinski definition) is 3. The van der Waals surface area contributed by atoms with Crippen molar-refractivity contribution < 1.29 is 4.79 Å². The van der Waals surface area contributed by atoms with Gasteiger partial charge in [-0.15, -0.1) is 0 Å². The lowest BCUT2D eigenvalue weighted by Crippen LogP contribution is -2.42. The molecule has 0 unspecified atom stereocenters. The molecule has 0 saturated heterocycles. The fraction of sp³-hybridized carbons (Fsp3) is 0.125. The van der Waals surface area contributed by atoms with Crippen LogP contribution in [0.1, 0.15) is 11.1 Å². The van der Waals surface area contributed by atoms with Crippen molar-refractivity contribution in [3.8, 4) is 11.3 Å². The summed E-state index contributed by atoms with van der Waals surface area (Å²) in [5.41, 5.74) is 10.3. The van der Waals surface area contributed by atoms with Crippen LogP contribution in [-0.2, 0) is 17.6 Å². The van der Waals surface area contributed by atoms with E-state index in [2.05, 4.69) is 39.1 Å². The molecule has 0 aliphatic heterocycles. The van der Waals surface area contributed by atoms with Crippen molar-refractivity contribution in [2.45, 2.75) is 12.8 Å². The van der Waals surface area contributed by atoms with Crippen LogP contribution in [0.15, 0.2) is 65.1 Å². The Morgan fingerprint density at radius 1 is 1.07 bits per heavy atom. The molecule has 2 aliphatic rings. The third-order valence-electron chi connectivity index (χ3n) is 5.40. The third-order valence-corrected chi connectivity index (χ3v) is 5.40. The Kier molecular flexibility index (Phi) is 4.10. The number of nitrogens with one attached hydrogen (secondary N) is 2. The molecule has 2 N–H and O–H groups in total. The van der Waals surface area contributed by atoms with Gasteiger partial charge in [0.1, 0.15) is 5.69 Å². The van der Waals surface area contributed by atoms with Gasteiger partial charge in [0.2, 0.25) is 5.91 Å². The van der Waals surface area contributed by atoms with E-state index in [4.69, 9.17) is 0 Å². The lowest BCUT2D eigenvalue weighted by molar-refractivity contribution is -0.119. The maximum Gasteiger partial charge on any atom is 0.272 e. The monoisotopic (exact) mass is 379 g/mol. The van der Waals surface area contributed by atoms with Crippen molar-refractivity contribution in [3.63, 3.8) is 0 Å². The van der Waals surface area contributed by atoms with Crippen LogP contribution >= 0.6 is 0 Å². The molecule has 0 radical (unpaired) electrons. The lowest BCUT2D eigenvalue weighted by Gasteiger charge is -2.11. The quantitative estimate of drug-likeness (QED) is 0.680. The zero-order valence-electron chi connectivity index (χ0n) is 15.5. The molecule has 3 aromatic rings. The zero-order chi connectivity index (χ0) is 19.8. The zero-order valence-corrected chi connectivity index (χ0v) is 15.5. The second-order valence-electron chi connectivity index (χ2n) is 7.23. The van der Waals surface area contributed by atoms with Crippen LogP contribution in [0.4, 0.5) is 5.69 Å². The van der Waals surface area contributed by atoms with Gasteiger partial charge in [-0.25, -0.2) is 5.10 Å². The summed E-state index contributed by atoms with van der Waals surface area (Å²) >= 11 is 0.